The molecule has 1 aromatic heterocycles. The zero-order chi connectivity index (χ0) is 20.3. The molecule has 148 valence electrons. The third-order valence-electron chi connectivity index (χ3n) is 4.69. The molecule has 9 heteroatoms. The molecular weight excluding hydrogens is 389 g/mol. The summed E-state index contributed by atoms with van der Waals surface area (Å²) in [6.07, 6.45) is 1.20. The molecule has 2 heterocycles. The molecule has 0 bridgehead atoms. The number of piperidine rings is 1. The van der Waals surface area contributed by atoms with Crippen LogP contribution in [0, 0.1) is 11.7 Å². The second-order valence-electron chi connectivity index (χ2n) is 6.54. The smallest absolute Gasteiger partial charge is 0.267 e. The van der Waals surface area contributed by atoms with E-state index < -0.39 is 17.3 Å². The molecule has 1 saturated heterocycles. The fourth-order valence-corrected chi connectivity index (χ4v) is 3.43. The number of rotatable bonds is 5. The Morgan fingerprint density at radius 2 is 2.11 bits per heavy atom. The van der Waals surface area contributed by atoms with E-state index in [0.717, 1.165) is 10.7 Å². The largest absolute Gasteiger partial charge is 0.496 e. The molecule has 0 spiro atoms. The number of Topliss-reactive ketones (excluding diaryl/α,β-unsaturated/α-hetero) is 1. The summed E-state index contributed by atoms with van der Waals surface area (Å²) in [4.78, 5) is 38.8. The zero-order valence-electron chi connectivity index (χ0n) is 15.2. The van der Waals surface area contributed by atoms with Gasteiger partial charge < -0.3 is 9.64 Å². The van der Waals surface area contributed by atoms with E-state index in [1.165, 1.54) is 36.3 Å². The quantitative estimate of drug-likeness (QED) is 0.709. The number of carbonyl (C=O) groups excluding carboxylic acids is 2. The maximum Gasteiger partial charge on any atom is 0.267 e. The molecule has 28 heavy (non-hydrogen) atoms. The summed E-state index contributed by atoms with van der Waals surface area (Å²) in [7, 11) is 1.41. The van der Waals surface area contributed by atoms with Gasteiger partial charge in [-0.15, -0.1) is 0 Å². The van der Waals surface area contributed by atoms with Gasteiger partial charge in [-0.1, -0.05) is 11.6 Å². The van der Waals surface area contributed by atoms with Crippen molar-refractivity contribution in [3.05, 3.63) is 57.2 Å². The van der Waals surface area contributed by atoms with Gasteiger partial charge in [0.25, 0.3) is 5.56 Å². The number of methoxy groups -OCH3 is 1. The van der Waals surface area contributed by atoms with Crippen LogP contribution in [-0.2, 0) is 11.3 Å². The van der Waals surface area contributed by atoms with Crippen molar-refractivity contribution in [3.8, 4) is 5.75 Å². The van der Waals surface area contributed by atoms with E-state index in [1.807, 2.05) is 0 Å². The highest BCUT2D eigenvalue weighted by molar-refractivity contribution is 6.29. The molecule has 0 N–H and O–H groups in total. The lowest BCUT2D eigenvalue weighted by Crippen LogP contribution is -2.44. The Hall–Kier alpha value is -2.74. The summed E-state index contributed by atoms with van der Waals surface area (Å²) < 4.78 is 19.8. The fourth-order valence-electron chi connectivity index (χ4n) is 3.28. The van der Waals surface area contributed by atoms with Crippen LogP contribution in [0.5, 0.6) is 5.75 Å². The fraction of sp³-hybridized carbons (Fsp3) is 0.368. The van der Waals surface area contributed by atoms with Crippen LogP contribution in [0.1, 0.15) is 23.2 Å². The Morgan fingerprint density at radius 3 is 2.86 bits per heavy atom. The Kier molecular flexibility index (Phi) is 6.08. The Labute approximate surface area is 165 Å². The van der Waals surface area contributed by atoms with Crippen LogP contribution in [-0.4, -0.2) is 46.6 Å². The predicted octanol–water partition coefficient (Wildman–Crippen LogP) is 2.17. The molecule has 0 aliphatic carbocycles. The number of halogens is 2. The van der Waals surface area contributed by atoms with Gasteiger partial charge in [-0.05, 0) is 37.1 Å². The van der Waals surface area contributed by atoms with Crippen molar-refractivity contribution in [1.29, 1.82) is 0 Å². The van der Waals surface area contributed by atoms with Crippen LogP contribution in [0.3, 0.4) is 0 Å². The second-order valence-corrected chi connectivity index (χ2v) is 6.93. The first-order valence-corrected chi connectivity index (χ1v) is 9.16. The number of aromatic nitrogens is 2. The number of hydrogen-bond acceptors (Lipinski definition) is 5. The molecule has 1 aliphatic heterocycles. The molecule has 1 atom stereocenters. The average Bonchev–Trinajstić information content (AvgIpc) is 2.70. The molecule has 1 amide bonds. The maximum atomic E-state index is 13.6. The SMILES string of the molecule is COc1ccc(F)cc1C(=O)[C@H]1CCCN(C(=O)Cn2nc(Cl)ccc2=O)C1. The monoisotopic (exact) mass is 407 g/mol. The lowest BCUT2D eigenvalue weighted by atomic mass is 9.89. The van der Waals surface area contributed by atoms with Crippen LogP contribution >= 0.6 is 11.6 Å². The van der Waals surface area contributed by atoms with Crippen molar-refractivity contribution in [2.24, 2.45) is 5.92 Å². The van der Waals surface area contributed by atoms with Gasteiger partial charge in [0.2, 0.25) is 5.91 Å². The van der Waals surface area contributed by atoms with Gasteiger partial charge in [0.15, 0.2) is 5.78 Å². The second kappa shape index (κ2) is 8.52. The predicted molar refractivity (Wildman–Crippen MR) is 100 cm³/mol. The summed E-state index contributed by atoms with van der Waals surface area (Å²) in [5, 5.41) is 3.95. The lowest BCUT2D eigenvalue weighted by molar-refractivity contribution is -0.133. The Morgan fingerprint density at radius 1 is 1.32 bits per heavy atom. The van der Waals surface area contributed by atoms with E-state index in [4.69, 9.17) is 16.3 Å². The number of nitrogens with zero attached hydrogens (tertiary/aromatic N) is 3. The van der Waals surface area contributed by atoms with Crippen molar-refractivity contribution in [2.45, 2.75) is 19.4 Å². The summed E-state index contributed by atoms with van der Waals surface area (Å²) in [5.41, 5.74) is -0.276. The van der Waals surface area contributed by atoms with E-state index in [1.54, 1.807) is 0 Å². The van der Waals surface area contributed by atoms with Gasteiger partial charge in [0, 0.05) is 25.1 Å². The summed E-state index contributed by atoms with van der Waals surface area (Å²) in [5.74, 6) is -1.31. The lowest BCUT2D eigenvalue weighted by Gasteiger charge is -2.32. The molecule has 0 saturated carbocycles. The number of carbonyl (C=O) groups is 2. The van der Waals surface area contributed by atoms with Crippen LogP contribution in [0.15, 0.2) is 35.1 Å². The van der Waals surface area contributed by atoms with Gasteiger partial charge in [-0.2, -0.15) is 5.10 Å². The number of hydrogen-bond donors (Lipinski definition) is 0. The first-order valence-electron chi connectivity index (χ1n) is 8.78. The van der Waals surface area contributed by atoms with Crippen molar-refractivity contribution >= 4 is 23.3 Å². The van der Waals surface area contributed by atoms with Gasteiger partial charge in [0.05, 0.1) is 12.7 Å². The highest BCUT2D eigenvalue weighted by Gasteiger charge is 2.30. The Balaban J connectivity index is 1.74. The molecule has 7 nitrogen and oxygen atoms in total. The van der Waals surface area contributed by atoms with E-state index in [0.29, 0.717) is 25.1 Å². The molecule has 0 unspecified atom stereocenters. The van der Waals surface area contributed by atoms with Crippen LogP contribution in [0.2, 0.25) is 5.15 Å². The number of benzene rings is 1. The number of likely N-dealkylation sites (tertiary alicyclic amines) is 1. The topological polar surface area (TPSA) is 81.5 Å². The molecule has 1 fully saturated rings. The van der Waals surface area contributed by atoms with E-state index in [-0.39, 0.29) is 35.5 Å². The molecule has 1 aliphatic rings. The summed E-state index contributed by atoms with van der Waals surface area (Å²) >= 11 is 5.78. The maximum absolute atomic E-state index is 13.6. The molecule has 1 aromatic carbocycles. The number of ketones is 1. The van der Waals surface area contributed by atoms with Crippen molar-refractivity contribution in [1.82, 2.24) is 14.7 Å². The molecule has 2 aromatic rings. The average molecular weight is 408 g/mol. The molecule has 0 radical (unpaired) electrons. The van der Waals surface area contributed by atoms with Gasteiger partial charge in [-0.3, -0.25) is 14.4 Å². The zero-order valence-corrected chi connectivity index (χ0v) is 16.0. The summed E-state index contributed by atoms with van der Waals surface area (Å²) in [6.45, 7) is 0.397. The van der Waals surface area contributed by atoms with Crippen LogP contribution < -0.4 is 10.3 Å². The van der Waals surface area contributed by atoms with Crippen LogP contribution in [0.4, 0.5) is 4.39 Å². The first-order chi connectivity index (χ1) is 13.4. The minimum atomic E-state index is -0.528. The highest BCUT2D eigenvalue weighted by atomic mass is 35.5. The highest BCUT2D eigenvalue weighted by Crippen LogP contribution is 2.27. The minimum absolute atomic E-state index is 0.109. The third kappa shape index (κ3) is 4.39. The van der Waals surface area contributed by atoms with E-state index >= 15 is 0 Å². The molecular formula is C19H19ClFN3O4. The first kappa shape index (κ1) is 20.0. The van der Waals surface area contributed by atoms with Gasteiger partial charge in [-0.25, -0.2) is 9.07 Å². The standard InChI is InChI=1S/C19H19ClFN3O4/c1-28-15-5-4-13(21)9-14(15)19(27)12-3-2-8-23(10-12)18(26)11-24-17(25)7-6-16(20)22-24/h4-7,9,12H,2-3,8,10-11H2,1H3/t12-/m0/s1. The minimum Gasteiger partial charge on any atom is -0.496 e. The van der Waals surface area contributed by atoms with Gasteiger partial charge >= 0.3 is 0 Å². The number of amides is 1. The molecule has 3 rings (SSSR count). The normalized spacial score (nSPS) is 16.7. The summed E-state index contributed by atoms with van der Waals surface area (Å²) in [6, 6.07) is 6.37. The van der Waals surface area contributed by atoms with E-state index in [2.05, 4.69) is 5.10 Å². The Bertz CT molecular complexity index is 962. The van der Waals surface area contributed by atoms with E-state index in [9.17, 15) is 18.8 Å². The van der Waals surface area contributed by atoms with Crippen LogP contribution in [0.25, 0.3) is 0 Å². The van der Waals surface area contributed by atoms with Gasteiger partial charge in [0.1, 0.15) is 23.3 Å². The number of ether oxygens (including phenoxy) is 1. The third-order valence-corrected chi connectivity index (χ3v) is 4.89. The van der Waals surface area contributed by atoms with Crippen molar-refractivity contribution in [2.75, 3.05) is 20.2 Å². The van der Waals surface area contributed by atoms with Crippen molar-refractivity contribution in [3.63, 3.8) is 0 Å². The van der Waals surface area contributed by atoms with Crippen molar-refractivity contribution < 1.29 is 18.7 Å².